The molecule has 2 saturated carbocycles. The Hall–Kier alpha value is -0.0151. The summed E-state index contributed by atoms with van der Waals surface area (Å²) < 4.78 is 12.6. The first-order valence-electron chi connectivity index (χ1n) is 8.32. The monoisotopic (exact) mass is 278 g/mol. The Balaban J connectivity index is 1.74. The van der Waals surface area contributed by atoms with Gasteiger partial charge in [-0.15, -0.1) is 0 Å². The zero-order chi connectivity index (χ0) is 15.0. The van der Waals surface area contributed by atoms with E-state index in [4.69, 9.17) is 9.31 Å². The van der Waals surface area contributed by atoms with Crippen molar-refractivity contribution >= 4 is 7.12 Å². The average Bonchev–Trinajstić information content (AvgIpc) is 2.78. The van der Waals surface area contributed by atoms with Gasteiger partial charge in [0.2, 0.25) is 0 Å². The predicted octanol–water partition coefficient (Wildman–Crippen LogP) is 4.69. The van der Waals surface area contributed by atoms with Gasteiger partial charge in [0.25, 0.3) is 0 Å². The number of rotatable bonds is 1. The summed E-state index contributed by atoms with van der Waals surface area (Å²) in [6.07, 6.45) is 5.38. The maximum absolute atomic E-state index is 6.30. The van der Waals surface area contributed by atoms with Crippen molar-refractivity contribution in [3.8, 4) is 0 Å². The van der Waals surface area contributed by atoms with Crippen LogP contribution in [0.15, 0.2) is 0 Å². The van der Waals surface area contributed by atoms with Crippen molar-refractivity contribution in [2.24, 2.45) is 16.7 Å². The quantitative estimate of drug-likeness (QED) is 0.648. The highest BCUT2D eigenvalue weighted by atomic mass is 16.7. The van der Waals surface area contributed by atoms with Crippen molar-refractivity contribution in [2.75, 3.05) is 0 Å². The van der Waals surface area contributed by atoms with E-state index < -0.39 is 0 Å². The molecule has 0 radical (unpaired) electrons. The Morgan fingerprint density at radius 1 is 0.850 bits per heavy atom. The third-order valence-electron chi connectivity index (χ3n) is 6.34. The van der Waals surface area contributed by atoms with Gasteiger partial charge in [-0.05, 0) is 70.1 Å². The fourth-order valence-corrected chi connectivity index (χ4v) is 5.06. The maximum atomic E-state index is 6.30. The molecule has 0 aromatic heterocycles. The minimum Gasteiger partial charge on any atom is -0.403 e. The topological polar surface area (TPSA) is 18.5 Å². The van der Waals surface area contributed by atoms with Gasteiger partial charge in [0, 0.05) is 5.82 Å². The Kier molecular flexibility index (Phi) is 3.01. The van der Waals surface area contributed by atoms with Crippen molar-refractivity contribution in [1.82, 2.24) is 0 Å². The summed E-state index contributed by atoms with van der Waals surface area (Å²) in [5.41, 5.74) is 0.618. The van der Waals surface area contributed by atoms with Crippen molar-refractivity contribution in [3.63, 3.8) is 0 Å². The van der Waals surface area contributed by atoms with Gasteiger partial charge in [-0.25, -0.2) is 0 Å². The normalized spacial score (nSPS) is 44.9. The molecule has 3 unspecified atom stereocenters. The highest BCUT2D eigenvalue weighted by Gasteiger charge is 2.68. The van der Waals surface area contributed by atoms with Gasteiger partial charge in [-0.3, -0.25) is 0 Å². The van der Waals surface area contributed by atoms with E-state index in [0.717, 1.165) is 5.92 Å². The Labute approximate surface area is 125 Å². The molecule has 3 fully saturated rings. The van der Waals surface area contributed by atoms with E-state index in [1.807, 2.05) is 0 Å². The first-order valence-corrected chi connectivity index (χ1v) is 8.32. The molecular formula is C17H31BO2. The van der Waals surface area contributed by atoms with Crippen LogP contribution in [0, 0.1) is 16.7 Å². The molecule has 0 bridgehead atoms. The molecule has 2 nitrogen and oxygen atoms in total. The van der Waals surface area contributed by atoms with Crippen molar-refractivity contribution < 1.29 is 9.31 Å². The molecule has 3 aliphatic rings. The zero-order valence-corrected chi connectivity index (χ0v) is 14.4. The van der Waals surface area contributed by atoms with Crippen LogP contribution >= 0.6 is 0 Å². The van der Waals surface area contributed by atoms with E-state index in [2.05, 4.69) is 48.5 Å². The summed E-state index contributed by atoms with van der Waals surface area (Å²) >= 11 is 0. The second kappa shape index (κ2) is 4.04. The standard InChI is InChI=1S/C17H31BO2/c1-12-8-14(2,3)11-17(9-12)10-13(17)18-19-15(4,5)16(6,7)20-18/h12-13H,8-11H2,1-7H3. The highest BCUT2D eigenvalue weighted by Crippen LogP contribution is 2.71. The average molecular weight is 278 g/mol. The van der Waals surface area contributed by atoms with Crippen molar-refractivity contribution in [2.45, 2.75) is 91.2 Å². The van der Waals surface area contributed by atoms with E-state index in [-0.39, 0.29) is 18.3 Å². The molecule has 0 amide bonds. The Morgan fingerprint density at radius 3 is 1.90 bits per heavy atom. The minimum absolute atomic E-state index is 0.0149. The molecular weight excluding hydrogens is 247 g/mol. The van der Waals surface area contributed by atoms with E-state index >= 15 is 0 Å². The van der Waals surface area contributed by atoms with E-state index in [1.54, 1.807) is 0 Å². The smallest absolute Gasteiger partial charge is 0.403 e. The molecule has 1 spiro atoms. The zero-order valence-electron chi connectivity index (χ0n) is 14.4. The lowest BCUT2D eigenvalue weighted by molar-refractivity contribution is 0.00578. The van der Waals surface area contributed by atoms with Gasteiger partial charge >= 0.3 is 7.12 Å². The molecule has 3 rings (SSSR count). The number of hydrogen-bond donors (Lipinski definition) is 0. The summed E-state index contributed by atoms with van der Waals surface area (Å²) in [5, 5.41) is 0. The lowest BCUT2D eigenvalue weighted by Crippen LogP contribution is -2.41. The molecule has 114 valence electrons. The SMILES string of the molecule is CC1CC(C)(C)CC2(C1)CC2B1OC(C)(C)C(C)(C)O1. The molecule has 2 aliphatic carbocycles. The molecule has 20 heavy (non-hydrogen) atoms. The Bertz CT molecular complexity index is 399. The fourth-order valence-electron chi connectivity index (χ4n) is 5.06. The summed E-state index contributed by atoms with van der Waals surface area (Å²) in [5.74, 6) is 1.46. The van der Waals surface area contributed by atoms with Gasteiger partial charge in [0.15, 0.2) is 0 Å². The van der Waals surface area contributed by atoms with Gasteiger partial charge in [0.05, 0.1) is 11.2 Å². The molecule has 3 heteroatoms. The van der Waals surface area contributed by atoms with Crippen molar-refractivity contribution in [3.05, 3.63) is 0 Å². The summed E-state index contributed by atoms with van der Waals surface area (Å²) in [4.78, 5) is 0. The van der Waals surface area contributed by atoms with Crippen LogP contribution in [0.2, 0.25) is 5.82 Å². The molecule has 1 aliphatic heterocycles. The third kappa shape index (κ3) is 2.25. The second-order valence-corrected chi connectivity index (χ2v) is 9.65. The third-order valence-corrected chi connectivity index (χ3v) is 6.34. The molecule has 1 saturated heterocycles. The molecule has 0 aromatic rings. The van der Waals surface area contributed by atoms with E-state index in [9.17, 15) is 0 Å². The van der Waals surface area contributed by atoms with Gasteiger partial charge in [0.1, 0.15) is 0 Å². The maximum Gasteiger partial charge on any atom is 0.461 e. The van der Waals surface area contributed by atoms with Crippen molar-refractivity contribution in [1.29, 1.82) is 0 Å². The lowest BCUT2D eigenvalue weighted by atomic mass is 9.62. The molecule has 0 N–H and O–H groups in total. The largest absolute Gasteiger partial charge is 0.461 e. The summed E-state index contributed by atoms with van der Waals surface area (Å²) in [6.45, 7) is 15.9. The summed E-state index contributed by atoms with van der Waals surface area (Å²) in [7, 11) is 0.0149. The van der Waals surface area contributed by atoms with E-state index in [1.165, 1.54) is 25.7 Å². The predicted molar refractivity (Wildman–Crippen MR) is 83.7 cm³/mol. The van der Waals surface area contributed by atoms with Gasteiger partial charge in [-0.2, -0.15) is 0 Å². The van der Waals surface area contributed by atoms with Crippen LogP contribution in [-0.2, 0) is 9.31 Å². The fraction of sp³-hybridized carbons (Fsp3) is 1.00. The van der Waals surface area contributed by atoms with Crippen LogP contribution in [0.3, 0.4) is 0 Å². The molecule has 1 heterocycles. The van der Waals surface area contributed by atoms with Crippen LogP contribution in [0.1, 0.15) is 74.1 Å². The van der Waals surface area contributed by atoms with E-state index in [0.29, 0.717) is 16.6 Å². The Morgan fingerprint density at radius 2 is 1.40 bits per heavy atom. The highest BCUT2D eigenvalue weighted by molar-refractivity contribution is 6.49. The molecule has 0 aromatic carbocycles. The first kappa shape index (κ1) is 14.9. The van der Waals surface area contributed by atoms with Gasteiger partial charge in [-0.1, -0.05) is 20.8 Å². The first-order chi connectivity index (χ1) is 8.97. The van der Waals surface area contributed by atoms with Gasteiger partial charge < -0.3 is 9.31 Å². The van der Waals surface area contributed by atoms with Crippen LogP contribution in [0.4, 0.5) is 0 Å². The van der Waals surface area contributed by atoms with Crippen LogP contribution in [-0.4, -0.2) is 18.3 Å². The van der Waals surface area contributed by atoms with Crippen LogP contribution in [0.25, 0.3) is 0 Å². The summed E-state index contributed by atoms with van der Waals surface area (Å²) in [6, 6.07) is 0. The second-order valence-electron chi connectivity index (χ2n) is 9.65. The molecule has 3 atom stereocenters. The lowest BCUT2D eigenvalue weighted by Gasteiger charge is -2.40. The van der Waals surface area contributed by atoms with Crippen LogP contribution < -0.4 is 0 Å². The number of hydrogen-bond acceptors (Lipinski definition) is 2. The van der Waals surface area contributed by atoms with Crippen LogP contribution in [0.5, 0.6) is 0 Å². The minimum atomic E-state index is -0.183.